The van der Waals surface area contributed by atoms with Gasteiger partial charge in [-0.3, -0.25) is 4.79 Å². The first-order valence-electron chi connectivity index (χ1n) is 7.93. The van der Waals surface area contributed by atoms with Crippen molar-refractivity contribution in [1.82, 2.24) is 4.90 Å². The van der Waals surface area contributed by atoms with E-state index >= 15 is 0 Å². The van der Waals surface area contributed by atoms with Crippen LogP contribution in [0.1, 0.15) is 39.0 Å². The van der Waals surface area contributed by atoms with Gasteiger partial charge in [0.15, 0.2) is 0 Å². The summed E-state index contributed by atoms with van der Waals surface area (Å²) in [6.07, 6.45) is 5.97. The van der Waals surface area contributed by atoms with E-state index < -0.39 is 0 Å². The number of nitrogens with zero attached hydrogens (tertiary/aromatic N) is 1. The second kappa shape index (κ2) is 4.87. The minimum Gasteiger partial charge on any atom is -0.462 e. The number of carbonyl (C=O) groups excluding carboxylic acids is 1. The van der Waals surface area contributed by atoms with Crippen LogP contribution in [0.3, 0.4) is 0 Å². The molecule has 2 aliphatic carbocycles. The van der Waals surface area contributed by atoms with Crippen LogP contribution in [0.2, 0.25) is 0 Å². The molecule has 0 aromatic heterocycles. The molecule has 3 rings (SSSR count). The summed E-state index contributed by atoms with van der Waals surface area (Å²) in [4.78, 5) is 14.3. The highest BCUT2D eigenvalue weighted by atomic mass is 16.6. The van der Waals surface area contributed by atoms with Gasteiger partial charge in [0.1, 0.15) is 6.10 Å². The summed E-state index contributed by atoms with van der Waals surface area (Å²) in [7, 11) is 4.07. The standard InChI is InChI=1S/C17H27NO2/c1-11-6-5-7-17(2)9-15-12(8-14(11)17)13(10-18(3)4)16(19)20-15/h12-15H,1,5-10H2,2-4H3/t12?,13-,14-,15+,17+/m0/s1. The number of hydrogen-bond acceptors (Lipinski definition) is 3. The first-order valence-corrected chi connectivity index (χ1v) is 7.93. The summed E-state index contributed by atoms with van der Waals surface area (Å²) in [5.74, 6) is 1.09. The van der Waals surface area contributed by atoms with E-state index in [1.807, 2.05) is 14.1 Å². The molecule has 0 radical (unpaired) electrons. The van der Waals surface area contributed by atoms with Crippen LogP contribution in [-0.4, -0.2) is 37.6 Å². The van der Waals surface area contributed by atoms with Crippen LogP contribution in [0.4, 0.5) is 0 Å². The molecule has 1 unspecified atom stereocenters. The Bertz CT molecular complexity index is 431. The molecule has 3 aliphatic rings. The quantitative estimate of drug-likeness (QED) is 0.574. The molecular weight excluding hydrogens is 250 g/mol. The first kappa shape index (κ1) is 14.1. The molecule has 0 spiro atoms. The second-order valence-corrected chi connectivity index (χ2v) is 7.67. The van der Waals surface area contributed by atoms with Crippen molar-refractivity contribution in [3.05, 3.63) is 12.2 Å². The zero-order valence-electron chi connectivity index (χ0n) is 13.0. The van der Waals surface area contributed by atoms with Gasteiger partial charge in [-0.25, -0.2) is 0 Å². The monoisotopic (exact) mass is 277 g/mol. The number of rotatable bonds is 2. The van der Waals surface area contributed by atoms with Gasteiger partial charge in [-0.05, 0) is 57.5 Å². The van der Waals surface area contributed by atoms with Gasteiger partial charge in [0, 0.05) is 12.5 Å². The Balaban J connectivity index is 1.82. The molecule has 1 heterocycles. The maximum Gasteiger partial charge on any atom is 0.310 e. The lowest BCUT2D eigenvalue weighted by Gasteiger charge is -2.50. The highest BCUT2D eigenvalue weighted by Gasteiger charge is 2.54. The van der Waals surface area contributed by atoms with Crippen molar-refractivity contribution in [2.24, 2.45) is 23.2 Å². The molecule has 0 aromatic carbocycles. The van der Waals surface area contributed by atoms with Crippen LogP contribution >= 0.6 is 0 Å². The molecule has 112 valence electrons. The SMILES string of the molecule is C=C1CCC[C@]2(C)C[C@H]3OC(=O)[C@@H](CN(C)C)C3C[C@@H]12. The molecular formula is C17H27NO2. The highest BCUT2D eigenvalue weighted by molar-refractivity contribution is 5.75. The minimum absolute atomic E-state index is 0.0292. The fourth-order valence-electron chi connectivity index (χ4n) is 4.86. The second-order valence-electron chi connectivity index (χ2n) is 7.67. The molecule has 3 heteroatoms. The van der Waals surface area contributed by atoms with Crippen LogP contribution in [0.5, 0.6) is 0 Å². The Labute approximate surface area is 122 Å². The van der Waals surface area contributed by atoms with Gasteiger partial charge in [-0.15, -0.1) is 0 Å². The molecule has 5 atom stereocenters. The third-order valence-corrected chi connectivity index (χ3v) is 5.88. The Morgan fingerprint density at radius 2 is 2.20 bits per heavy atom. The Morgan fingerprint density at radius 3 is 2.90 bits per heavy atom. The van der Waals surface area contributed by atoms with Crippen molar-refractivity contribution >= 4 is 5.97 Å². The van der Waals surface area contributed by atoms with Gasteiger partial charge in [0.25, 0.3) is 0 Å². The largest absolute Gasteiger partial charge is 0.462 e. The topological polar surface area (TPSA) is 29.5 Å². The van der Waals surface area contributed by atoms with Crippen LogP contribution in [0.25, 0.3) is 0 Å². The summed E-state index contributed by atoms with van der Waals surface area (Å²) in [5.41, 5.74) is 1.73. The van der Waals surface area contributed by atoms with Crippen molar-refractivity contribution in [1.29, 1.82) is 0 Å². The molecule has 0 bridgehead atoms. The third-order valence-electron chi connectivity index (χ3n) is 5.88. The third kappa shape index (κ3) is 2.20. The molecule has 1 saturated heterocycles. The van der Waals surface area contributed by atoms with Crippen LogP contribution < -0.4 is 0 Å². The molecule has 2 saturated carbocycles. The number of carbonyl (C=O) groups is 1. The van der Waals surface area contributed by atoms with E-state index in [1.54, 1.807) is 0 Å². The van der Waals surface area contributed by atoms with Crippen molar-refractivity contribution in [3.8, 4) is 0 Å². The van der Waals surface area contributed by atoms with E-state index in [0.717, 1.165) is 19.4 Å². The van der Waals surface area contributed by atoms with E-state index in [2.05, 4.69) is 18.4 Å². The average molecular weight is 277 g/mol. The Hall–Kier alpha value is -0.830. The smallest absolute Gasteiger partial charge is 0.310 e. The van der Waals surface area contributed by atoms with Crippen molar-refractivity contribution < 1.29 is 9.53 Å². The number of allylic oxidation sites excluding steroid dienone is 1. The fraction of sp³-hybridized carbons (Fsp3) is 0.824. The fourth-order valence-corrected chi connectivity index (χ4v) is 4.86. The average Bonchev–Trinajstić information content (AvgIpc) is 2.62. The van der Waals surface area contributed by atoms with Crippen LogP contribution in [0.15, 0.2) is 12.2 Å². The summed E-state index contributed by atoms with van der Waals surface area (Å²) < 4.78 is 5.73. The molecule has 0 amide bonds. The number of ether oxygens (including phenoxy) is 1. The summed E-state index contributed by atoms with van der Waals surface area (Å²) in [5, 5.41) is 0. The summed E-state index contributed by atoms with van der Waals surface area (Å²) >= 11 is 0. The van der Waals surface area contributed by atoms with Gasteiger partial charge in [-0.2, -0.15) is 0 Å². The lowest BCUT2D eigenvalue weighted by Crippen LogP contribution is -2.45. The van der Waals surface area contributed by atoms with Crippen LogP contribution in [-0.2, 0) is 9.53 Å². The van der Waals surface area contributed by atoms with Gasteiger partial charge < -0.3 is 9.64 Å². The zero-order valence-corrected chi connectivity index (χ0v) is 13.0. The number of esters is 1. The maximum atomic E-state index is 12.2. The van der Waals surface area contributed by atoms with E-state index in [4.69, 9.17) is 4.74 Å². The minimum atomic E-state index is 0.0292. The molecule has 0 aromatic rings. The molecule has 0 N–H and O–H groups in total. The normalized spacial score (nSPS) is 44.2. The lowest BCUT2D eigenvalue weighted by atomic mass is 9.55. The van der Waals surface area contributed by atoms with Gasteiger partial charge in [0.2, 0.25) is 0 Å². The van der Waals surface area contributed by atoms with Crippen LogP contribution in [0, 0.1) is 23.2 Å². The predicted octanol–water partition coefficient (Wildman–Crippen LogP) is 2.86. The van der Waals surface area contributed by atoms with Gasteiger partial charge in [0.05, 0.1) is 5.92 Å². The predicted molar refractivity (Wildman–Crippen MR) is 79.2 cm³/mol. The van der Waals surface area contributed by atoms with Gasteiger partial charge >= 0.3 is 5.97 Å². The lowest BCUT2D eigenvalue weighted by molar-refractivity contribution is -0.146. The van der Waals surface area contributed by atoms with E-state index in [9.17, 15) is 4.79 Å². The summed E-state index contributed by atoms with van der Waals surface area (Å²) in [6.45, 7) is 7.52. The Kier molecular flexibility index (Phi) is 3.44. The maximum absolute atomic E-state index is 12.2. The molecule has 3 nitrogen and oxygen atoms in total. The van der Waals surface area contributed by atoms with Crippen molar-refractivity contribution in [2.75, 3.05) is 20.6 Å². The zero-order chi connectivity index (χ0) is 14.5. The summed E-state index contributed by atoms with van der Waals surface area (Å²) in [6, 6.07) is 0. The van der Waals surface area contributed by atoms with E-state index in [1.165, 1.54) is 24.8 Å². The molecule has 20 heavy (non-hydrogen) atoms. The van der Waals surface area contributed by atoms with Crippen molar-refractivity contribution in [2.45, 2.75) is 45.1 Å². The molecule has 1 aliphatic heterocycles. The van der Waals surface area contributed by atoms with E-state index in [-0.39, 0.29) is 18.0 Å². The number of fused-ring (bicyclic) bond motifs is 2. The van der Waals surface area contributed by atoms with Crippen molar-refractivity contribution in [3.63, 3.8) is 0 Å². The highest BCUT2D eigenvalue weighted by Crippen LogP contribution is 2.56. The number of hydrogen-bond donors (Lipinski definition) is 0. The van der Waals surface area contributed by atoms with E-state index in [0.29, 0.717) is 17.3 Å². The molecule has 3 fully saturated rings. The first-order chi connectivity index (χ1) is 9.40. The Morgan fingerprint density at radius 1 is 1.45 bits per heavy atom. The van der Waals surface area contributed by atoms with Gasteiger partial charge in [-0.1, -0.05) is 19.1 Å².